The number of fused-ring (bicyclic) bond motifs is 1. The number of carbonyl (C=O) groups is 4. The van der Waals surface area contributed by atoms with Crippen LogP contribution < -0.4 is 4.90 Å². The number of nitrogens with zero attached hydrogens (tertiary/aromatic N) is 1. The molecule has 0 radical (unpaired) electrons. The van der Waals surface area contributed by atoms with Crippen LogP contribution in [0.1, 0.15) is 44.0 Å². The van der Waals surface area contributed by atoms with Crippen LogP contribution in [0.5, 0.6) is 0 Å². The van der Waals surface area contributed by atoms with Gasteiger partial charge in [0, 0.05) is 29.2 Å². The molecule has 206 valence electrons. The van der Waals surface area contributed by atoms with Crippen LogP contribution in [0.4, 0.5) is 5.69 Å². The average Bonchev–Trinajstić information content (AvgIpc) is 3.65. The topological polar surface area (TPSA) is 135 Å². The highest BCUT2D eigenvalue weighted by atomic mass is 16.6. The Morgan fingerprint density at radius 2 is 1.82 bits per heavy atom. The van der Waals surface area contributed by atoms with Gasteiger partial charge in [0.2, 0.25) is 0 Å². The highest BCUT2D eigenvalue weighted by Crippen LogP contribution is 2.76. The van der Waals surface area contributed by atoms with Gasteiger partial charge < -0.3 is 24.3 Å². The van der Waals surface area contributed by atoms with Crippen molar-refractivity contribution < 1.29 is 38.5 Å². The van der Waals surface area contributed by atoms with Crippen LogP contribution in [-0.2, 0) is 28.6 Å². The molecule has 10 heteroatoms. The van der Waals surface area contributed by atoms with Gasteiger partial charge in [-0.15, -0.1) is 0 Å². The quantitative estimate of drug-likeness (QED) is 0.379. The Morgan fingerprint density at radius 3 is 2.55 bits per heavy atom. The lowest BCUT2D eigenvalue weighted by molar-refractivity contribution is -0.204. The number of amides is 1. The molecule has 10 nitrogen and oxygen atoms in total. The van der Waals surface area contributed by atoms with Crippen LogP contribution in [0.3, 0.4) is 0 Å². The normalized spacial score (nSPS) is 34.5. The van der Waals surface area contributed by atoms with E-state index in [9.17, 15) is 24.3 Å². The Hall–Kier alpha value is -4.18. The Balaban J connectivity index is 1.49. The van der Waals surface area contributed by atoms with Gasteiger partial charge in [-0.25, -0.2) is 4.79 Å². The van der Waals surface area contributed by atoms with Crippen LogP contribution >= 0.6 is 0 Å². The zero-order valence-electron chi connectivity index (χ0n) is 22.2. The maximum absolute atomic E-state index is 14.5. The van der Waals surface area contributed by atoms with Crippen LogP contribution in [0.25, 0.3) is 10.9 Å². The highest BCUT2D eigenvalue weighted by molar-refractivity contribution is 6.07. The number of nitrogens with one attached hydrogen (secondary N) is 1. The molecule has 0 bridgehead atoms. The third-order valence-corrected chi connectivity index (χ3v) is 9.52. The largest absolute Gasteiger partial charge is 0.461 e. The van der Waals surface area contributed by atoms with E-state index < -0.39 is 70.5 Å². The van der Waals surface area contributed by atoms with Gasteiger partial charge in [-0.3, -0.25) is 19.3 Å². The first-order valence-corrected chi connectivity index (χ1v) is 13.2. The maximum atomic E-state index is 14.5. The summed E-state index contributed by atoms with van der Waals surface area (Å²) >= 11 is 0. The molecule has 2 aromatic carbocycles. The number of rotatable bonds is 3. The van der Waals surface area contributed by atoms with E-state index in [1.54, 1.807) is 75.5 Å². The fourth-order valence-electron chi connectivity index (χ4n) is 7.72. The van der Waals surface area contributed by atoms with Gasteiger partial charge in [0.25, 0.3) is 5.91 Å². The molecule has 2 spiro atoms. The van der Waals surface area contributed by atoms with Crippen molar-refractivity contribution in [3.8, 4) is 0 Å². The van der Waals surface area contributed by atoms with Gasteiger partial charge >= 0.3 is 17.9 Å². The molecule has 6 atom stereocenters. The Labute approximate surface area is 229 Å². The number of aromatic amines is 1. The van der Waals surface area contributed by atoms with Gasteiger partial charge in [-0.2, -0.15) is 0 Å². The first-order valence-electron chi connectivity index (χ1n) is 13.2. The molecule has 4 heterocycles. The molecule has 1 amide bonds. The first-order chi connectivity index (χ1) is 19.0. The SMILES string of the molecule is CC(C)(C)[C@]1(O)C[C@@H]2OC(=O)C[C@@]23C(=O)O[C@@H]2N(c4ccc5[nH]ccc5c4)C(=O)[C@H](OC(=O)c4ccccc4)[C@]213. The summed E-state index contributed by atoms with van der Waals surface area (Å²) in [5.41, 5.74) is -4.94. The number of aromatic nitrogens is 1. The smallest absolute Gasteiger partial charge is 0.338 e. The van der Waals surface area contributed by atoms with E-state index in [4.69, 9.17) is 14.2 Å². The average molecular weight is 545 g/mol. The Morgan fingerprint density at radius 1 is 1.07 bits per heavy atom. The van der Waals surface area contributed by atoms with Crippen molar-refractivity contribution in [1.29, 1.82) is 0 Å². The van der Waals surface area contributed by atoms with Gasteiger partial charge in [0.1, 0.15) is 16.9 Å². The van der Waals surface area contributed by atoms with E-state index in [1.165, 1.54) is 4.90 Å². The van der Waals surface area contributed by atoms with E-state index in [1.807, 2.05) is 6.07 Å². The van der Waals surface area contributed by atoms with Crippen molar-refractivity contribution in [2.45, 2.75) is 57.6 Å². The minimum absolute atomic E-state index is 0.120. The molecule has 4 fully saturated rings. The summed E-state index contributed by atoms with van der Waals surface area (Å²) in [6.45, 7) is 5.35. The second-order valence-electron chi connectivity index (χ2n) is 12.2. The number of carbonyl (C=O) groups excluding carboxylic acids is 4. The fraction of sp³-hybridized carbons (Fsp3) is 0.400. The number of esters is 3. The van der Waals surface area contributed by atoms with E-state index in [-0.39, 0.29) is 12.0 Å². The van der Waals surface area contributed by atoms with Gasteiger partial charge in [-0.05, 0) is 41.8 Å². The van der Waals surface area contributed by atoms with Crippen molar-refractivity contribution in [2.75, 3.05) is 4.90 Å². The molecule has 1 aromatic heterocycles. The van der Waals surface area contributed by atoms with Crippen molar-refractivity contribution in [3.05, 3.63) is 66.4 Å². The monoisotopic (exact) mass is 544 g/mol. The zero-order chi connectivity index (χ0) is 28.2. The number of aliphatic hydroxyl groups is 1. The first kappa shape index (κ1) is 24.8. The van der Waals surface area contributed by atoms with Crippen molar-refractivity contribution in [1.82, 2.24) is 4.98 Å². The summed E-state index contributed by atoms with van der Waals surface area (Å²) in [7, 11) is 0. The van der Waals surface area contributed by atoms with Crippen molar-refractivity contribution >= 4 is 40.4 Å². The van der Waals surface area contributed by atoms with E-state index in [2.05, 4.69) is 4.98 Å². The number of hydrogen-bond acceptors (Lipinski definition) is 8. The molecule has 7 rings (SSSR count). The second-order valence-corrected chi connectivity index (χ2v) is 12.2. The van der Waals surface area contributed by atoms with E-state index in [0.29, 0.717) is 5.69 Å². The summed E-state index contributed by atoms with van der Waals surface area (Å²) in [5.74, 6) is -2.84. The minimum atomic E-state index is -1.85. The summed E-state index contributed by atoms with van der Waals surface area (Å²) in [6, 6.07) is 15.3. The lowest BCUT2D eigenvalue weighted by Crippen LogP contribution is -2.66. The van der Waals surface area contributed by atoms with Crippen LogP contribution in [0, 0.1) is 16.2 Å². The highest BCUT2D eigenvalue weighted by Gasteiger charge is 2.93. The lowest BCUT2D eigenvalue weighted by atomic mass is 9.52. The van der Waals surface area contributed by atoms with Crippen LogP contribution in [0.15, 0.2) is 60.8 Å². The summed E-state index contributed by atoms with van der Waals surface area (Å²) < 4.78 is 17.7. The minimum Gasteiger partial charge on any atom is -0.461 e. The molecule has 2 N–H and O–H groups in total. The predicted molar refractivity (Wildman–Crippen MR) is 140 cm³/mol. The summed E-state index contributed by atoms with van der Waals surface area (Å²) in [6.07, 6.45) is -2.82. The molecular weight excluding hydrogens is 516 g/mol. The second kappa shape index (κ2) is 7.72. The molecule has 40 heavy (non-hydrogen) atoms. The standard InChI is InChI=1S/C30H28N2O8/c1-27(2,3)29(37)14-20-28(15-21(33)38-20)26(36)40-25-30(28,29)22(39-24(35)16-7-5-4-6-8-16)23(34)32(25)18-9-10-19-17(13-18)11-12-31-19/h4-13,20,22,25,31,37H,14-15H2,1-3H3/t20-,22-,25-,28-,29+,30+/m0/s1. The number of benzene rings is 2. The van der Waals surface area contributed by atoms with E-state index in [0.717, 1.165) is 10.9 Å². The molecule has 0 unspecified atom stereocenters. The van der Waals surface area contributed by atoms with Crippen LogP contribution in [-0.4, -0.2) is 57.9 Å². The Bertz CT molecular complexity index is 1610. The molecule has 3 saturated heterocycles. The molecule has 1 saturated carbocycles. The number of ether oxygens (including phenoxy) is 3. The molecule has 3 aromatic rings. The Kier molecular flexibility index (Phi) is 4.79. The van der Waals surface area contributed by atoms with E-state index >= 15 is 0 Å². The predicted octanol–water partition coefficient (Wildman–Crippen LogP) is 3.09. The molecular formula is C30H28N2O8. The van der Waals surface area contributed by atoms with Crippen molar-refractivity contribution in [3.63, 3.8) is 0 Å². The third kappa shape index (κ3) is 2.72. The lowest BCUT2D eigenvalue weighted by Gasteiger charge is -2.51. The van der Waals surface area contributed by atoms with Crippen LogP contribution in [0.2, 0.25) is 0 Å². The van der Waals surface area contributed by atoms with Gasteiger partial charge in [0.15, 0.2) is 12.3 Å². The molecule has 1 aliphatic carbocycles. The number of H-pyrrole nitrogens is 1. The van der Waals surface area contributed by atoms with Gasteiger partial charge in [-0.1, -0.05) is 39.0 Å². The maximum Gasteiger partial charge on any atom is 0.338 e. The zero-order valence-corrected chi connectivity index (χ0v) is 22.2. The number of anilines is 1. The molecule has 4 aliphatic rings. The summed E-state index contributed by atoms with van der Waals surface area (Å²) in [4.78, 5) is 59.1. The third-order valence-electron chi connectivity index (χ3n) is 9.52. The molecule has 3 aliphatic heterocycles. The fourth-order valence-corrected chi connectivity index (χ4v) is 7.72. The number of hydrogen-bond donors (Lipinski definition) is 2. The van der Waals surface area contributed by atoms with Crippen molar-refractivity contribution in [2.24, 2.45) is 16.2 Å². The summed E-state index contributed by atoms with van der Waals surface area (Å²) in [5, 5.41) is 13.5. The van der Waals surface area contributed by atoms with Gasteiger partial charge in [0.05, 0.1) is 17.6 Å².